The van der Waals surface area contributed by atoms with Crippen LogP contribution in [0.25, 0.3) is 0 Å². The SMILES string of the molecule is C.C.C.C.C.C.C.C.CC.CC.CC.CC(=O)Cc1ccc(CCC(C)(C)C)cc1.CC(=O)N1CCN(c2ccc(C(C)(C)C)cc2)CC1.C[C@@H](CC(C)(C)C)N1CCN(C)CC1. The number of benzene rings is 2. The quantitative estimate of drug-likeness (QED) is 0.277. The predicted octanol–water partition coefficient (Wildman–Crippen LogP) is 16.7. The molecule has 0 spiro atoms. The highest BCUT2D eigenvalue weighted by Crippen LogP contribution is 2.26. The Bertz CT molecular complexity index is 1250. The molecule has 0 aromatic heterocycles. The van der Waals surface area contributed by atoms with Gasteiger partial charge in [-0.05, 0) is 85.2 Å². The van der Waals surface area contributed by atoms with Crippen LogP contribution in [0.3, 0.4) is 0 Å². The highest BCUT2D eigenvalue weighted by molar-refractivity contribution is 5.78. The summed E-state index contributed by atoms with van der Waals surface area (Å²) in [4.78, 5) is 31.6. The lowest BCUT2D eigenvalue weighted by Crippen LogP contribution is -2.48. The number of ketones is 1. The van der Waals surface area contributed by atoms with Crippen LogP contribution in [-0.2, 0) is 27.8 Å². The van der Waals surface area contributed by atoms with Crippen LogP contribution in [0, 0.1) is 10.8 Å². The number of carbonyl (C=O) groups is 2. The summed E-state index contributed by atoms with van der Waals surface area (Å²) in [6, 6.07) is 18.0. The van der Waals surface area contributed by atoms with Crippen molar-refractivity contribution in [1.29, 1.82) is 0 Å². The Morgan fingerprint density at radius 1 is 0.556 bits per heavy atom. The minimum Gasteiger partial charge on any atom is -0.368 e. The van der Waals surface area contributed by atoms with E-state index in [1.807, 2.05) is 46.4 Å². The molecule has 2 aliphatic rings. The van der Waals surface area contributed by atoms with Crippen molar-refractivity contribution in [2.75, 3.05) is 64.3 Å². The van der Waals surface area contributed by atoms with E-state index in [0.717, 1.165) is 44.2 Å². The zero-order valence-corrected chi connectivity index (χ0v) is 39.8. The molecule has 2 heterocycles. The molecule has 63 heavy (non-hydrogen) atoms. The summed E-state index contributed by atoms with van der Waals surface area (Å²) in [7, 11) is 2.21. The summed E-state index contributed by atoms with van der Waals surface area (Å²) >= 11 is 0. The van der Waals surface area contributed by atoms with Gasteiger partial charge in [0.1, 0.15) is 5.78 Å². The third-order valence-corrected chi connectivity index (χ3v) is 9.53. The van der Waals surface area contributed by atoms with Crippen LogP contribution in [0.4, 0.5) is 5.69 Å². The summed E-state index contributed by atoms with van der Waals surface area (Å²) in [6.07, 6.45) is 4.17. The molecule has 6 heteroatoms. The highest BCUT2D eigenvalue weighted by Gasteiger charge is 2.23. The molecule has 0 bridgehead atoms. The lowest BCUT2D eigenvalue weighted by molar-refractivity contribution is -0.129. The molecule has 2 aliphatic heterocycles. The topological polar surface area (TPSA) is 47.1 Å². The van der Waals surface area contributed by atoms with Gasteiger partial charge in [-0.1, -0.05) is 200 Å². The van der Waals surface area contributed by atoms with Crippen LogP contribution in [-0.4, -0.2) is 91.8 Å². The van der Waals surface area contributed by atoms with Crippen molar-refractivity contribution < 1.29 is 9.59 Å². The van der Waals surface area contributed by atoms with Crippen molar-refractivity contribution in [1.82, 2.24) is 14.7 Å². The Labute approximate surface area is 401 Å². The van der Waals surface area contributed by atoms with Gasteiger partial charge >= 0.3 is 0 Å². The summed E-state index contributed by atoms with van der Waals surface area (Å²) < 4.78 is 0. The highest BCUT2D eigenvalue weighted by atomic mass is 16.2. The van der Waals surface area contributed by atoms with E-state index in [1.165, 1.54) is 55.8 Å². The van der Waals surface area contributed by atoms with Gasteiger partial charge in [0.15, 0.2) is 0 Å². The molecule has 0 radical (unpaired) electrons. The maximum absolute atomic E-state index is 11.3. The second-order valence-corrected chi connectivity index (χ2v) is 18.0. The van der Waals surface area contributed by atoms with E-state index in [4.69, 9.17) is 0 Å². The molecule has 0 aliphatic carbocycles. The summed E-state index contributed by atoms with van der Waals surface area (Å²) in [6.45, 7) is 46.6. The third kappa shape index (κ3) is 39.4. The fourth-order valence-corrected chi connectivity index (χ4v) is 6.36. The second-order valence-electron chi connectivity index (χ2n) is 18.0. The normalized spacial score (nSPS) is 13.5. The number of carbonyl (C=O) groups excluding carboxylic acids is 2. The first-order valence-corrected chi connectivity index (χ1v) is 21.7. The van der Waals surface area contributed by atoms with E-state index < -0.39 is 0 Å². The Balaban J connectivity index is -0.0000000749. The van der Waals surface area contributed by atoms with E-state index in [9.17, 15) is 9.59 Å². The number of amides is 1. The molecule has 0 unspecified atom stereocenters. The number of hydrogen-bond acceptors (Lipinski definition) is 5. The maximum Gasteiger partial charge on any atom is 0.219 e. The maximum atomic E-state index is 11.3. The molecular formula is C57H122N4O2. The van der Waals surface area contributed by atoms with Crippen LogP contribution in [0.15, 0.2) is 48.5 Å². The lowest BCUT2D eigenvalue weighted by atomic mass is 9.87. The van der Waals surface area contributed by atoms with Crippen molar-refractivity contribution in [3.05, 3.63) is 65.2 Å². The zero-order chi connectivity index (χ0) is 43.0. The summed E-state index contributed by atoms with van der Waals surface area (Å²) in [5.74, 6) is 0.408. The molecule has 1 amide bonds. The van der Waals surface area contributed by atoms with Crippen LogP contribution < -0.4 is 4.90 Å². The van der Waals surface area contributed by atoms with Crippen molar-refractivity contribution in [2.24, 2.45) is 10.8 Å². The van der Waals surface area contributed by atoms with Gasteiger partial charge in [-0.3, -0.25) is 14.5 Å². The van der Waals surface area contributed by atoms with Gasteiger partial charge in [0.05, 0.1) is 0 Å². The molecule has 2 aromatic carbocycles. The standard InChI is InChI=1S/C16H24N2O.C15H22O.C12H26N2.3C2H6.8CH4/c1-13(19)17-9-11-18(12-10-17)15-7-5-14(6-8-15)16(2,3)4;1-12(16)11-14-7-5-13(6-8-14)9-10-15(2,3)4;1-11(10-12(2,3)4)14-8-6-13(5)7-9-14;3*1-2;;;;;;;;/h5-8H,9-12H2,1-4H3;5-8H,9-11H2,1-4H3;11H,6-10H2,1-5H3;3*1-2H3;8*1H4/t;;11-;;;;;;;;;;;/m..0.........../s1. The van der Waals surface area contributed by atoms with Crippen LogP contribution >= 0.6 is 0 Å². The molecule has 2 aromatic rings. The number of aryl methyl sites for hydroxylation is 1. The van der Waals surface area contributed by atoms with Gasteiger partial charge in [-0.15, -0.1) is 0 Å². The fraction of sp³-hybridized carbons (Fsp3) is 0.754. The van der Waals surface area contributed by atoms with Crippen LogP contribution in [0.5, 0.6) is 0 Å². The molecule has 2 saturated heterocycles. The van der Waals surface area contributed by atoms with Gasteiger partial charge in [0, 0.05) is 77.4 Å². The average Bonchev–Trinajstić information content (AvgIpc) is 3.13. The van der Waals surface area contributed by atoms with E-state index in [2.05, 4.69) is 140 Å². The van der Waals surface area contributed by atoms with Gasteiger partial charge in [0.2, 0.25) is 5.91 Å². The number of likely N-dealkylation sites (N-methyl/N-ethyl adjacent to an activating group) is 1. The first-order chi connectivity index (χ1) is 25.6. The number of anilines is 1. The number of piperazine rings is 2. The lowest BCUT2D eigenvalue weighted by Gasteiger charge is -2.38. The first kappa shape index (κ1) is 83.8. The predicted molar refractivity (Wildman–Crippen MR) is 299 cm³/mol. The molecule has 4 rings (SSSR count). The largest absolute Gasteiger partial charge is 0.368 e. The monoisotopic (exact) mass is 895 g/mol. The van der Waals surface area contributed by atoms with E-state index in [1.54, 1.807) is 13.8 Å². The van der Waals surface area contributed by atoms with E-state index in [-0.39, 0.29) is 76.5 Å². The number of hydrogen-bond donors (Lipinski definition) is 0. The van der Waals surface area contributed by atoms with Gasteiger partial charge in [-0.2, -0.15) is 0 Å². The Morgan fingerprint density at radius 3 is 1.29 bits per heavy atom. The number of nitrogens with zero attached hydrogens (tertiary/aromatic N) is 4. The summed E-state index contributed by atoms with van der Waals surface area (Å²) in [5.41, 5.74) is 6.15. The molecule has 2 fully saturated rings. The zero-order valence-electron chi connectivity index (χ0n) is 39.8. The van der Waals surface area contributed by atoms with Crippen LogP contribution in [0.2, 0.25) is 0 Å². The molecule has 0 saturated carbocycles. The van der Waals surface area contributed by atoms with Crippen molar-refractivity contribution in [3.63, 3.8) is 0 Å². The second kappa shape index (κ2) is 43.2. The van der Waals surface area contributed by atoms with E-state index in [0.29, 0.717) is 17.3 Å². The smallest absolute Gasteiger partial charge is 0.219 e. The minimum absolute atomic E-state index is 0. The van der Waals surface area contributed by atoms with Crippen molar-refractivity contribution in [2.45, 2.75) is 221 Å². The Morgan fingerprint density at radius 2 is 0.952 bits per heavy atom. The number of rotatable bonds is 7. The molecule has 6 nitrogen and oxygen atoms in total. The molecule has 382 valence electrons. The van der Waals surface area contributed by atoms with Gasteiger partial charge < -0.3 is 14.7 Å². The molecule has 0 N–H and O–H groups in total. The first-order valence-electron chi connectivity index (χ1n) is 21.7. The average molecular weight is 896 g/mol. The minimum atomic E-state index is 0. The van der Waals surface area contributed by atoms with Gasteiger partial charge in [-0.25, -0.2) is 0 Å². The third-order valence-electron chi connectivity index (χ3n) is 9.53. The van der Waals surface area contributed by atoms with Crippen molar-refractivity contribution in [3.8, 4) is 0 Å². The Hall–Kier alpha value is -2.70. The van der Waals surface area contributed by atoms with Crippen LogP contribution in [0.1, 0.15) is 214 Å². The van der Waals surface area contributed by atoms with Crippen molar-refractivity contribution >= 4 is 17.4 Å². The van der Waals surface area contributed by atoms with E-state index >= 15 is 0 Å². The Kier molecular flexibility index (Phi) is 57.5. The molecular weight excluding hydrogens is 773 g/mol. The number of Topliss-reactive ketones (excluding diaryl/α,β-unsaturated/α-hetero) is 1. The fourth-order valence-electron chi connectivity index (χ4n) is 6.36. The molecule has 1 atom stereocenters. The summed E-state index contributed by atoms with van der Waals surface area (Å²) in [5, 5.41) is 0. The van der Waals surface area contributed by atoms with Gasteiger partial charge in [0.25, 0.3) is 0 Å².